The molecular weight excluding hydrogens is 385 g/mol. The zero-order chi connectivity index (χ0) is 19.9. The highest BCUT2D eigenvalue weighted by molar-refractivity contribution is 7.90. The van der Waals surface area contributed by atoms with Crippen molar-refractivity contribution >= 4 is 9.84 Å². The standard InChI is InChI=1S/C19H20FN3O4S/c1-12-17(28(2,24)25)10-16(27-12)19-21-18(13-5-3-6-14(20)9-13)22-23(19)11-15-7-4-8-26-15/h3,5-6,9-10,15H,4,7-8,11H2,1-2H3. The number of sulfone groups is 1. The van der Waals surface area contributed by atoms with Crippen LogP contribution in [0.15, 0.2) is 39.6 Å². The van der Waals surface area contributed by atoms with Crippen molar-refractivity contribution in [3.05, 3.63) is 41.9 Å². The van der Waals surface area contributed by atoms with Crippen LogP contribution in [0.5, 0.6) is 0 Å². The summed E-state index contributed by atoms with van der Waals surface area (Å²) in [5.41, 5.74) is 0.527. The Hall–Kier alpha value is -2.52. The first-order valence-corrected chi connectivity index (χ1v) is 10.8. The van der Waals surface area contributed by atoms with Crippen LogP contribution in [0.2, 0.25) is 0 Å². The molecule has 3 aromatic rings. The van der Waals surface area contributed by atoms with E-state index in [0.29, 0.717) is 36.1 Å². The summed E-state index contributed by atoms with van der Waals surface area (Å²) in [6, 6.07) is 7.46. The van der Waals surface area contributed by atoms with Gasteiger partial charge in [0.2, 0.25) is 0 Å². The van der Waals surface area contributed by atoms with E-state index < -0.39 is 9.84 Å². The van der Waals surface area contributed by atoms with Gasteiger partial charge in [-0.15, -0.1) is 0 Å². The molecule has 1 atom stereocenters. The van der Waals surface area contributed by atoms with Gasteiger partial charge in [0.1, 0.15) is 16.5 Å². The molecule has 148 valence electrons. The molecule has 0 aliphatic carbocycles. The molecule has 2 aromatic heterocycles. The van der Waals surface area contributed by atoms with Gasteiger partial charge in [0.15, 0.2) is 27.2 Å². The molecule has 0 radical (unpaired) electrons. The summed E-state index contributed by atoms with van der Waals surface area (Å²) in [6.07, 6.45) is 3.00. The molecule has 7 nitrogen and oxygen atoms in total. The number of hydrogen-bond acceptors (Lipinski definition) is 6. The number of benzene rings is 1. The number of ether oxygens (including phenoxy) is 1. The number of furan rings is 1. The number of halogens is 1. The van der Waals surface area contributed by atoms with Crippen LogP contribution in [0.1, 0.15) is 18.6 Å². The van der Waals surface area contributed by atoms with Crippen molar-refractivity contribution in [1.29, 1.82) is 0 Å². The third kappa shape index (κ3) is 3.72. The second kappa shape index (κ2) is 7.14. The van der Waals surface area contributed by atoms with E-state index in [1.54, 1.807) is 23.7 Å². The molecule has 4 rings (SSSR count). The molecule has 3 heterocycles. The highest BCUT2D eigenvalue weighted by Crippen LogP contribution is 2.30. The summed E-state index contributed by atoms with van der Waals surface area (Å²) in [4.78, 5) is 4.62. The van der Waals surface area contributed by atoms with E-state index >= 15 is 0 Å². The van der Waals surface area contributed by atoms with Gasteiger partial charge in [-0.25, -0.2) is 22.5 Å². The molecule has 0 saturated carbocycles. The SMILES string of the molecule is Cc1oc(-c2nc(-c3cccc(F)c3)nn2CC2CCCO2)cc1S(C)(=O)=O. The summed E-state index contributed by atoms with van der Waals surface area (Å²) in [5.74, 6) is 0.917. The Balaban J connectivity index is 1.80. The van der Waals surface area contributed by atoms with Crippen LogP contribution in [0.3, 0.4) is 0 Å². The molecule has 28 heavy (non-hydrogen) atoms. The van der Waals surface area contributed by atoms with E-state index in [1.807, 2.05) is 0 Å². The van der Waals surface area contributed by atoms with Gasteiger partial charge >= 0.3 is 0 Å². The van der Waals surface area contributed by atoms with E-state index in [2.05, 4.69) is 10.1 Å². The maximum atomic E-state index is 13.6. The van der Waals surface area contributed by atoms with E-state index in [0.717, 1.165) is 19.1 Å². The third-order valence-corrected chi connectivity index (χ3v) is 5.85. The Morgan fingerprint density at radius 2 is 2.14 bits per heavy atom. The van der Waals surface area contributed by atoms with Gasteiger partial charge in [0.05, 0.1) is 12.6 Å². The monoisotopic (exact) mass is 405 g/mol. The Labute approximate surface area is 162 Å². The largest absolute Gasteiger partial charge is 0.457 e. The van der Waals surface area contributed by atoms with Gasteiger partial charge in [-0.2, -0.15) is 5.10 Å². The van der Waals surface area contributed by atoms with Gasteiger partial charge in [0.25, 0.3) is 0 Å². The molecule has 1 aliphatic heterocycles. The van der Waals surface area contributed by atoms with Crippen LogP contribution in [0.25, 0.3) is 23.0 Å². The van der Waals surface area contributed by atoms with E-state index in [1.165, 1.54) is 18.2 Å². The number of rotatable bonds is 5. The minimum atomic E-state index is -3.43. The first kappa shape index (κ1) is 18.8. The topological polar surface area (TPSA) is 87.2 Å². The summed E-state index contributed by atoms with van der Waals surface area (Å²) in [6.45, 7) is 2.74. The Morgan fingerprint density at radius 3 is 2.79 bits per heavy atom. The number of aromatic nitrogens is 3. The molecule has 1 unspecified atom stereocenters. The average molecular weight is 405 g/mol. The van der Waals surface area contributed by atoms with E-state index in [4.69, 9.17) is 9.15 Å². The lowest BCUT2D eigenvalue weighted by atomic mass is 10.2. The van der Waals surface area contributed by atoms with Crippen molar-refractivity contribution < 1.29 is 22.0 Å². The number of hydrogen-bond donors (Lipinski definition) is 0. The fourth-order valence-corrected chi connectivity index (χ4v) is 4.21. The van der Waals surface area contributed by atoms with Crippen LogP contribution >= 0.6 is 0 Å². The van der Waals surface area contributed by atoms with Gasteiger partial charge < -0.3 is 9.15 Å². The average Bonchev–Trinajstić information content (AvgIpc) is 3.34. The molecule has 9 heteroatoms. The fraction of sp³-hybridized carbons (Fsp3) is 0.368. The lowest BCUT2D eigenvalue weighted by Gasteiger charge is -2.10. The van der Waals surface area contributed by atoms with Crippen molar-refractivity contribution in [1.82, 2.24) is 14.8 Å². The minimum absolute atomic E-state index is 0.00810. The zero-order valence-corrected chi connectivity index (χ0v) is 16.4. The van der Waals surface area contributed by atoms with E-state index in [-0.39, 0.29) is 22.6 Å². The number of aryl methyl sites for hydroxylation is 1. The fourth-order valence-electron chi connectivity index (χ4n) is 3.33. The molecule has 0 amide bonds. The molecule has 0 bridgehead atoms. The van der Waals surface area contributed by atoms with Crippen molar-refractivity contribution in [3.63, 3.8) is 0 Å². The number of nitrogens with zero attached hydrogens (tertiary/aromatic N) is 3. The van der Waals surface area contributed by atoms with Gasteiger partial charge in [-0.05, 0) is 31.9 Å². The summed E-state index contributed by atoms with van der Waals surface area (Å²) >= 11 is 0. The van der Waals surface area contributed by atoms with Gasteiger partial charge in [-0.1, -0.05) is 12.1 Å². The lowest BCUT2D eigenvalue weighted by Crippen LogP contribution is -2.16. The maximum Gasteiger partial charge on any atom is 0.194 e. The van der Waals surface area contributed by atoms with Gasteiger partial charge in [-0.3, -0.25) is 0 Å². The summed E-state index contributed by atoms with van der Waals surface area (Å²) in [7, 11) is -3.43. The molecule has 1 aliphatic rings. The second-order valence-electron chi connectivity index (χ2n) is 6.89. The minimum Gasteiger partial charge on any atom is -0.457 e. The van der Waals surface area contributed by atoms with Crippen LogP contribution in [0, 0.1) is 12.7 Å². The Morgan fingerprint density at radius 1 is 1.32 bits per heavy atom. The first-order valence-electron chi connectivity index (χ1n) is 8.94. The highest BCUT2D eigenvalue weighted by Gasteiger charge is 2.25. The summed E-state index contributed by atoms with van der Waals surface area (Å²) in [5, 5.41) is 4.51. The molecular formula is C19H20FN3O4S. The molecule has 1 fully saturated rings. The predicted molar refractivity (Wildman–Crippen MR) is 99.9 cm³/mol. The Bertz CT molecular complexity index is 1110. The quantitative estimate of drug-likeness (QED) is 0.648. The summed E-state index contributed by atoms with van der Waals surface area (Å²) < 4.78 is 50.6. The van der Waals surface area contributed by atoms with Gasteiger partial charge in [0, 0.05) is 24.5 Å². The molecule has 0 N–H and O–H groups in total. The first-order chi connectivity index (χ1) is 13.3. The Kier molecular flexibility index (Phi) is 4.80. The van der Waals surface area contributed by atoms with Crippen molar-refractivity contribution in [2.24, 2.45) is 0 Å². The van der Waals surface area contributed by atoms with Crippen LogP contribution in [0.4, 0.5) is 4.39 Å². The van der Waals surface area contributed by atoms with Crippen LogP contribution < -0.4 is 0 Å². The molecule has 0 spiro atoms. The van der Waals surface area contributed by atoms with Crippen LogP contribution in [-0.2, 0) is 21.1 Å². The maximum absolute atomic E-state index is 13.6. The predicted octanol–water partition coefficient (Wildman–Crippen LogP) is 3.24. The molecule has 1 aromatic carbocycles. The lowest BCUT2D eigenvalue weighted by molar-refractivity contribution is 0.0943. The normalized spacial score (nSPS) is 17.3. The van der Waals surface area contributed by atoms with Crippen LogP contribution in [-0.4, -0.2) is 42.1 Å². The zero-order valence-electron chi connectivity index (χ0n) is 15.6. The van der Waals surface area contributed by atoms with E-state index in [9.17, 15) is 12.8 Å². The molecule has 1 saturated heterocycles. The smallest absolute Gasteiger partial charge is 0.194 e. The highest BCUT2D eigenvalue weighted by atomic mass is 32.2. The van der Waals surface area contributed by atoms with Crippen molar-refractivity contribution in [2.45, 2.75) is 37.3 Å². The second-order valence-corrected chi connectivity index (χ2v) is 8.87. The third-order valence-electron chi connectivity index (χ3n) is 4.65. The van der Waals surface area contributed by atoms with Crippen molar-refractivity contribution in [2.75, 3.05) is 12.9 Å². The van der Waals surface area contributed by atoms with Crippen molar-refractivity contribution in [3.8, 4) is 23.0 Å².